The summed E-state index contributed by atoms with van der Waals surface area (Å²) in [4.78, 5) is 13.2. The Morgan fingerprint density at radius 2 is 1.92 bits per heavy atom. The minimum Gasteiger partial charge on any atom is -0.339 e. The molecule has 0 saturated carbocycles. The Bertz CT molecular complexity index is 190. The van der Waals surface area contributed by atoms with Crippen molar-refractivity contribution in [1.82, 2.24) is 4.90 Å². The molecule has 12 heavy (non-hydrogen) atoms. The van der Waals surface area contributed by atoms with Gasteiger partial charge in [-0.1, -0.05) is 18.7 Å². The molecule has 1 amide bonds. The summed E-state index contributed by atoms with van der Waals surface area (Å²) in [6.07, 6.45) is 8.45. The summed E-state index contributed by atoms with van der Waals surface area (Å²) in [7, 11) is 0. The van der Waals surface area contributed by atoms with Crippen molar-refractivity contribution >= 4 is 5.91 Å². The molecule has 1 fully saturated rings. The second-order valence-electron chi connectivity index (χ2n) is 2.98. The fourth-order valence-corrected chi connectivity index (χ4v) is 1.37. The molecule has 0 spiro atoms. The number of carbonyl (C=O) groups excluding carboxylic acids is 1. The highest BCUT2D eigenvalue weighted by Crippen LogP contribution is 2.08. The van der Waals surface area contributed by atoms with Gasteiger partial charge in [0, 0.05) is 19.2 Å². The van der Waals surface area contributed by atoms with Gasteiger partial charge in [-0.05, 0) is 19.3 Å². The predicted molar refractivity (Wildman–Crippen MR) is 49.8 cm³/mol. The fourth-order valence-electron chi connectivity index (χ4n) is 1.37. The molecular weight excluding hydrogens is 150 g/mol. The molecule has 0 bridgehead atoms. The van der Waals surface area contributed by atoms with E-state index in [9.17, 15) is 4.79 Å². The molecule has 1 heterocycles. The maximum Gasteiger partial charge on any atom is 0.246 e. The monoisotopic (exact) mass is 165 g/mol. The van der Waals surface area contributed by atoms with Crippen LogP contribution in [0.15, 0.2) is 24.8 Å². The van der Waals surface area contributed by atoms with Crippen molar-refractivity contribution in [3.63, 3.8) is 0 Å². The predicted octanol–water partition coefficient (Wildman–Crippen LogP) is 1.74. The van der Waals surface area contributed by atoms with Gasteiger partial charge >= 0.3 is 0 Å². The number of rotatable bonds is 2. The third-order valence-electron chi connectivity index (χ3n) is 2.04. The van der Waals surface area contributed by atoms with Crippen LogP contribution in [0.4, 0.5) is 0 Å². The molecule has 1 saturated heterocycles. The van der Waals surface area contributed by atoms with E-state index in [2.05, 4.69) is 6.58 Å². The number of amides is 1. The summed E-state index contributed by atoms with van der Waals surface area (Å²) in [5.41, 5.74) is 0. The smallest absolute Gasteiger partial charge is 0.246 e. The van der Waals surface area contributed by atoms with Crippen LogP contribution in [0.1, 0.15) is 19.3 Å². The summed E-state index contributed by atoms with van der Waals surface area (Å²) in [6, 6.07) is 0. The zero-order valence-electron chi connectivity index (χ0n) is 7.33. The van der Waals surface area contributed by atoms with Gasteiger partial charge < -0.3 is 4.90 Å². The van der Waals surface area contributed by atoms with Crippen LogP contribution in [0.3, 0.4) is 0 Å². The highest BCUT2D eigenvalue weighted by atomic mass is 16.2. The average Bonchev–Trinajstić information content (AvgIpc) is 2.15. The molecule has 1 rings (SSSR count). The molecule has 1 aliphatic rings. The molecule has 0 aromatic rings. The van der Waals surface area contributed by atoms with Gasteiger partial charge in [0.2, 0.25) is 5.91 Å². The maximum absolute atomic E-state index is 11.3. The van der Waals surface area contributed by atoms with Gasteiger partial charge in [-0.3, -0.25) is 4.79 Å². The van der Waals surface area contributed by atoms with Crippen LogP contribution in [-0.2, 0) is 4.79 Å². The molecule has 1 aliphatic heterocycles. The number of hydrogen-bond donors (Lipinski definition) is 0. The van der Waals surface area contributed by atoms with Crippen molar-refractivity contribution in [3.8, 4) is 0 Å². The highest BCUT2D eigenvalue weighted by Gasteiger charge is 2.12. The van der Waals surface area contributed by atoms with E-state index in [1.807, 2.05) is 4.90 Å². The second kappa shape index (κ2) is 4.75. The number of piperidine rings is 1. The summed E-state index contributed by atoms with van der Waals surface area (Å²) >= 11 is 0. The van der Waals surface area contributed by atoms with Crippen molar-refractivity contribution < 1.29 is 4.79 Å². The molecule has 0 unspecified atom stereocenters. The molecule has 0 atom stereocenters. The van der Waals surface area contributed by atoms with E-state index in [1.165, 1.54) is 6.42 Å². The van der Waals surface area contributed by atoms with Gasteiger partial charge in [0.1, 0.15) is 0 Å². The Labute approximate surface area is 73.6 Å². The van der Waals surface area contributed by atoms with E-state index in [0.29, 0.717) is 0 Å². The van der Waals surface area contributed by atoms with E-state index in [4.69, 9.17) is 0 Å². The van der Waals surface area contributed by atoms with E-state index in [0.717, 1.165) is 25.9 Å². The lowest BCUT2D eigenvalue weighted by molar-refractivity contribution is -0.126. The first-order chi connectivity index (χ1) is 5.84. The Kier molecular flexibility index (Phi) is 3.58. The summed E-state index contributed by atoms with van der Waals surface area (Å²) in [5.74, 6) is 0.120. The highest BCUT2D eigenvalue weighted by molar-refractivity contribution is 5.87. The summed E-state index contributed by atoms with van der Waals surface area (Å²) in [6.45, 7) is 5.35. The van der Waals surface area contributed by atoms with Crippen molar-refractivity contribution in [2.24, 2.45) is 0 Å². The first kappa shape index (κ1) is 9.04. The molecule has 2 heteroatoms. The Hall–Kier alpha value is -1.05. The second-order valence-corrected chi connectivity index (χ2v) is 2.98. The molecule has 2 nitrogen and oxygen atoms in total. The minimum absolute atomic E-state index is 0.120. The quantitative estimate of drug-likeness (QED) is 0.451. The van der Waals surface area contributed by atoms with Crippen molar-refractivity contribution in [2.75, 3.05) is 13.1 Å². The molecule has 0 aromatic carbocycles. The molecule has 0 N–H and O–H groups in total. The lowest BCUT2D eigenvalue weighted by Crippen LogP contribution is -2.34. The van der Waals surface area contributed by atoms with Gasteiger partial charge in [0.05, 0.1) is 0 Å². The number of nitrogens with zero attached hydrogens (tertiary/aromatic N) is 1. The number of hydrogen-bond acceptors (Lipinski definition) is 1. The Morgan fingerprint density at radius 3 is 2.50 bits per heavy atom. The SMILES string of the molecule is C=CC=CC(=O)N1CCCCC1. The third kappa shape index (κ3) is 2.53. The lowest BCUT2D eigenvalue weighted by atomic mass is 10.1. The topological polar surface area (TPSA) is 20.3 Å². The maximum atomic E-state index is 11.3. The third-order valence-corrected chi connectivity index (χ3v) is 2.04. The zero-order chi connectivity index (χ0) is 8.81. The first-order valence-corrected chi connectivity index (χ1v) is 4.42. The number of carbonyl (C=O) groups is 1. The van der Waals surface area contributed by atoms with Crippen LogP contribution < -0.4 is 0 Å². The summed E-state index contributed by atoms with van der Waals surface area (Å²) in [5, 5.41) is 0. The Balaban J connectivity index is 2.39. The van der Waals surface area contributed by atoms with Crippen LogP contribution in [0.25, 0.3) is 0 Å². The van der Waals surface area contributed by atoms with Gasteiger partial charge in [0.15, 0.2) is 0 Å². The number of allylic oxidation sites excluding steroid dienone is 2. The van der Waals surface area contributed by atoms with Crippen molar-refractivity contribution in [3.05, 3.63) is 24.8 Å². The zero-order valence-corrected chi connectivity index (χ0v) is 7.33. The van der Waals surface area contributed by atoms with Crippen LogP contribution >= 0.6 is 0 Å². The van der Waals surface area contributed by atoms with E-state index in [1.54, 1.807) is 18.2 Å². The molecule has 0 aliphatic carbocycles. The van der Waals surface area contributed by atoms with Crippen LogP contribution in [0.5, 0.6) is 0 Å². The van der Waals surface area contributed by atoms with Gasteiger partial charge in [0.25, 0.3) is 0 Å². The molecular formula is C10H15NO. The van der Waals surface area contributed by atoms with Crippen molar-refractivity contribution in [2.45, 2.75) is 19.3 Å². The fraction of sp³-hybridized carbons (Fsp3) is 0.500. The van der Waals surface area contributed by atoms with Crippen LogP contribution in [-0.4, -0.2) is 23.9 Å². The largest absolute Gasteiger partial charge is 0.339 e. The average molecular weight is 165 g/mol. The normalized spacial score (nSPS) is 18.2. The standard InChI is InChI=1S/C10H15NO/c1-2-3-7-10(12)11-8-5-4-6-9-11/h2-3,7H,1,4-6,8-9H2. The van der Waals surface area contributed by atoms with E-state index in [-0.39, 0.29) is 5.91 Å². The Morgan fingerprint density at radius 1 is 1.25 bits per heavy atom. The van der Waals surface area contributed by atoms with E-state index < -0.39 is 0 Å². The first-order valence-electron chi connectivity index (χ1n) is 4.42. The minimum atomic E-state index is 0.120. The van der Waals surface area contributed by atoms with Crippen molar-refractivity contribution in [1.29, 1.82) is 0 Å². The van der Waals surface area contributed by atoms with Crippen LogP contribution in [0.2, 0.25) is 0 Å². The lowest BCUT2D eigenvalue weighted by Gasteiger charge is -2.25. The van der Waals surface area contributed by atoms with Gasteiger partial charge in [-0.2, -0.15) is 0 Å². The van der Waals surface area contributed by atoms with Crippen LogP contribution in [0, 0.1) is 0 Å². The molecule has 0 radical (unpaired) electrons. The van der Waals surface area contributed by atoms with Gasteiger partial charge in [-0.25, -0.2) is 0 Å². The number of likely N-dealkylation sites (tertiary alicyclic amines) is 1. The van der Waals surface area contributed by atoms with E-state index >= 15 is 0 Å². The molecule has 0 aromatic heterocycles. The van der Waals surface area contributed by atoms with Gasteiger partial charge in [-0.15, -0.1) is 0 Å². The molecule has 66 valence electrons. The summed E-state index contributed by atoms with van der Waals surface area (Å²) < 4.78 is 0.